The summed E-state index contributed by atoms with van der Waals surface area (Å²) in [5.74, 6) is -1.87. The Morgan fingerprint density at radius 1 is 1.37 bits per heavy atom. The zero-order chi connectivity index (χ0) is 14.3. The van der Waals surface area contributed by atoms with Crippen molar-refractivity contribution in [1.29, 1.82) is 0 Å². The average molecular weight is 286 g/mol. The summed E-state index contributed by atoms with van der Waals surface area (Å²) in [7, 11) is 0. The first-order chi connectivity index (χ1) is 8.99. The number of rotatable bonds is 6. The van der Waals surface area contributed by atoms with E-state index in [0.29, 0.717) is 6.54 Å². The molecule has 0 spiro atoms. The standard InChI is InChI=1S/C11H14N2O5S/c1-7-2-3-19-8(7)4-12-11(17)13-9(14)5-18-6-10(15)16/h2-3H,4-6H2,1H3,(H,15,16)(H2,12,13,14,17). The number of carbonyl (C=O) groups excluding carboxylic acids is 2. The number of nitrogens with one attached hydrogen (secondary N) is 2. The number of imide groups is 1. The summed E-state index contributed by atoms with van der Waals surface area (Å²) in [5.41, 5.74) is 1.07. The number of thiophene rings is 1. The number of carboxylic acids is 1. The number of ether oxygens (including phenoxy) is 1. The largest absolute Gasteiger partial charge is 0.480 e. The van der Waals surface area contributed by atoms with Gasteiger partial charge in [-0.3, -0.25) is 10.1 Å². The minimum absolute atomic E-state index is 0.332. The second-order valence-electron chi connectivity index (χ2n) is 3.64. The SMILES string of the molecule is Cc1ccsc1CNC(=O)NC(=O)COCC(=O)O. The van der Waals surface area contributed by atoms with E-state index in [2.05, 4.69) is 10.1 Å². The quantitative estimate of drug-likeness (QED) is 0.705. The van der Waals surface area contributed by atoms with Gasteiger partial charge >= 0.3 is 12.0 Å². The maximum atomic E-state index is 11.3. The fourth-order valence-electron chi connectivity index (χ4n) is 1.18. The van der Waals surface area contributed by atoms with Gasteiger partial charge in [-0.25, -0.2) is 9.59 Å². The van der Waals surface area contributed by atoms with Crippen LogP contribution in [0.5, 0.6) is 0 Å². The summed E-state index contributed by atoms with van der Waals surface area (Å²) in [4.78, 5) is 33.7. The predicted molar refractivity (Wildman–Crippen MR) is 67.9 cm³/mol. The van der Waals surface area contributed by atoms with Crippen molar-refractivity contribution in [2.45, 2.75) is 13.5 Å². The zero-order valence-electron chi connectivity index (χ0n) is 10.3. The van der Waals surface area contributed by atoms with Crippen molar-refractivity contribution in [2.24, 2.45) is 0 Å². The van der Waals surface area contributed by atoms with Crippen LogP contribution in [0.4, 0.5) is 4.79 Å². The fraction of sp³-hybridized carbons (Fsp3) is 0.364. The molecule has 0 atom stereocenters. The topological polar surface area (TPSA) is 105 Å². The van der Waals surface area contributed by atoms with Crippen molar-refractivity contribution < 1.29 is 24.2 Å². The lowest BCUT2D eigenvalue weighted by Gasteiger charge is -2.06. The van der Waals surface area contributed by atoms with Gasteiger partial charge in [-0.2, -0.15) is 0 Å². The van der Waals surface area contributed by atoms with E-state index in [1.807, 2.05) is 23.7 Å². The number of carbonyl (C=O) groups is 3. The highest BCUT2D eigenvalue weighted by Gasteiger charge is 2.09. The fourth-order valence-corrected chi connectivity index (χ4v) is 2.03. The molecule has 3 N–H and O–H groups in total. The maximum absolute atomic E-state index is 11.3. The number of aliphatic carboxylic acids is 1. The Kier molecular flexibility index (Phi) is 5.97. The molecule has 1 aromatic heterocycles. The van der Waals surface area contributed by atoms with Crippen molar-refractivity contribution in [3.05, 3.63) is 21.9 Å². The van der Waals surface area contributed by atoms with E-state index < -0.39 is 31.1 Å². The third kappa shape index (κ3) is 5.98. The molecule has 0 fully saturated rings. The van der Waals surface area contributed by atoms with E-state index in [9.17, 15) is 14.4 Å². The smallest absolute Gasteiger partial charge is 0.329 e. The first-order valence-electron chi connectivity index (χ1n) is 5.39. The third-order valence-electron chi connectivity index (χ3n) is 2.09. The van der Waals surface area contributed by atoms with Crippen LogP contribution in [-0.4, -0.2) is 36.2 Å². The third-order valence-corrected chi connectivity index (χ3v) is 3.11. The van der Waals surface area contributed by atoms with Crippen LogP contribution in [0.2, 0.25) is 0 Å². The number of hydrogen-bond acceptors (Lipinski definition) is 5. The van der Waals surface area contributed by atoms with E-state index in [4.69, 9.17) is 5.11 Å². The van der Waals surface area contributed by atoms with Gasteiger partial charge in [0.15, 0.2) is 0 Å². The predicted octanol–water partition coefficient (Wildman–Crippen LogP) is 0.484. The lowest BCUT2D eigenvalue weighted by Crippen LogP contribution is -2.41. The number of carboxylic acid groups (broad SMARTS) is 1. The Balaban J connectivity index is 2.22. The molecule has 1 aromatic rings. The molecule has 0 unspecified atom stereocenters. The summed E-state index contributed by atoms with van der Waals surface area (Å²) in [5, 5.41) is 14.8. The summed E-state index contributed by atoms with van der Waals surface area (Å²) in [6.45, 7) is 1.20. The van der Waals surface area contributed by atoms with Crippen molar-refractivity contribution in [3.63, 3.8) is 0 Å². The number of amides is 3. The highest BCUT2D eigenvalue weighted by molar-refractivity contribution is 7.10. The van der Waals surface area contributed by atoms with Gasteiger partial charge in [0.25, 0.3) is 5.91 Å². The van der Waals surface area contributed by atoms with Crippen molar-refractivity contribution in [3.8, 4) is 0 Å². The highest BCUT2D eigenvalue weighted by atomic mass is 32.1. The lowest BCUT2D eigenvalue weighted by atomic mass is 10.3. The molecule has 19 heavy (non-hydrogen) atoms. The molecular formula is C11H14N2O5S. The molecule has 0 aliphatic carbocycles. The molecule has 0 saturated heterocycles. The van der Waals surface area contributed by atoms with Crippen molar-refractivity contribution in [1.82, 2.24) is 10.6 Å². The van der Waals surface area contributed by atoms with E-state index in [0.717, 1.165) is 10.4 Å². The molecule has 0 radical (unpaired) electrons. The van der Waals surface area contributed by atoms with Gasteiger partial charge in [-0.05, 0) is 23.9 Å². The Hall–Kier alpha value is -1.93. The Morgan fingerprint density at radius 2 is 2.11 bits per heavy atom. The second-order valence-corrected chi connectivity index (χ2v) is 4.64. The number of hydrogen-bond donors (Lipinski definition) is 3. The van der Waals surface area contributed by atoms with Crippen LogP contribution in [0, 0.1) is 6.92 Å². The van der Waals surface area contributed by atoms with Gasteiger partial charge in [0.05, 0.1) is 6.54 Å². The Bertz CT molecular complexity index is 471. The monoisotopic (exact) mass is 286 g/mol. The minimum Gasteiger partial charge on any atom is -0.480 e. The summed E-state index contributed by atoms with van der Waals surface area (Å²) < 4.78 is 4.54. The Morgan fingerprint density at radius 3 is 2.68 bits per heavy atom. The molecule has 3 amide bonds. The molecule has 1 rings (SSSR count). The van der Waals surface area contributed by atoms with Gasteiger partial charge in [-0.1, -0.05) is 0 Å². The molecule has 104 valence electrons. The van der Waals surface area contributed by atoms with E-state index in [-0.39, 0.29) is 0 Å². The van der Waals surface area contributed by atoms with Gasteiger partial charge < -0.3 is 15.2 Å². The summed E-state index contributed by atoms with van der Waals surface area (Å²) >= 11 is 1.51. The normalized spacial score (nSPS) is 9.95. The molecule has 8 heteroatoms. The second kappa shape index (κ2) is 7.49. The molecule has 0 aromatic carbocycles. The minimum atomic E-state index is -1.18. The number of urea groups is 1. The van der Waals surface area contributed by atoms with Crippen LogP contribution in [0.3, 0.4) is 0 Å². The number of aryl methyl sites for hydroxylation is 1. The average Bonchev–Trinajstić information content (AvgIpc) is 2.71. The first-order valence-corrected chi connectivity index (χ1v) is 6.27. The van der Waals surface area contributed by atoms with Crippen LogP contribution < -0.4 is 10.6 Å². The molecule has 0 aliphatic rings. The lowest BCUT2D eigenvalue weighted by molar-refractivity contribution is -0.143. The van der Waals surface area contributed by atoms with Gasteiger partial charge in [0.1, 0.15) is 13.2 Å². The molecular weight excluding hydrogens is 272 g/mol. The first kappa shape index (κ1) is 15.1. The van der Waals surface area contributed by atoms with Crippen molar-refractivity contribution in [2.75, 3.05) is 13.2 Å². The highest BCUT2D eigenvalue weighted by Crippen LogP contribution is 2.14. The summed E-state index contributed by atoms with van der Waals surface area (Å²) in [6, 6.07) is 1.29. The van der Waals surface area contributed by atoms with Crippen LogP contribution in [0.25, 0.3) is 0 Å². The van der Waals surface area contributed by atoms with Gasteiger partial charge in [0.2, 0.25) is 0 Å². The maximum Gasteiger partial charge on any atom is 0.329 e. The van der Waals surface area contributed by atoms with E-state index in [1.165, 1.54) is 11.3 Å². The zero-order valence-corrected chi connectivity index (χ0v) is 11.1. The van der Waals surface area contributed by atoms with Crippen LogP contribution >= 0.6 is 11.3 Å². The van der Waals surface area contributed by atoms with Crippen LogP contribution in [0.1, 0.15) is 10.4 Å². The van der Waals surface area contributed by atoms with Crippen molar-refractivity contribution >= 4 is 29.2 Å². The van der Waals surface area contributed by atoms with Gasteiger partial charge in [-0.15, -0.1) is 11.3 Å². The molecule has 0 saturated carbocycles. The van der Waals surface area contributed by atoms with E-state index >= 15 is 0 Å². The molecule has 1 heterocycles. The molecule has 0 aliphatic heterocycles. The summed E-state index contributed by atoms with van der Waals surface area (Å²) in [6.07, 6.45) is 0. The Labute approximate surface area is 113 Å². The molecule has 0 bridgehead atoms. The molecule has 7 nitrogen and oxygen atoms in total. The van der Waals surface area contributed by atoms with Gasteiger partial charge in [0, 0.05) is 4.88 Å². The van der Waals surface area contributed by atoms with Crippen LogP contribution in [-0.2, 0) is 20.9 Å². The van der Waals surface area contributed by atoms with E-state index in [1.54, 1.807) is 0 Å². The van der Waals surface area contributed by atoms with Crippen LogP contribution in [0.15, 0.2) is 11.4 Å².